The molecule has 0 saturated carbocycles. The third kappa shape index (κ3) is 2.82. The highest BCUT2D eigenvalue weighted by atomic mass is 35.5. The molecule has 0 spiro atoms. The number of fused-ring (bicyclic) bond motifs is 1. The topological polar surface area (TPSA) is 40.2 Å². The van der Waals surface area contributed by atoms with Crippen molar-refractivity contribution in [3.63, 3.8) is 0 Å². The lowest BCUT2D eigenvalue weighted by atomic mass is 10.1. The van der Waals surface area contributed by atoms with E-state index in [1.54, 1.807) is 0 Å². The molecule has 0 aliphatic heterocycles. The predicted octanol–water partition coefficient (Wildman–Crippen LogP) is 4.35. The van der Waals surface area contributed by atoms with Crippen molar-refractivity contribution < 1.29 is 4.74 Å². The first kappa shape index (κ1) is 14.9. The molecular weight excluding hydrogens is 296 g/mol. The van der Waals surface area contributed by atoms with E-state index in [0.29, 0.717) is 18.2 Å². The summed E-state index contributed by atoms with van der Waals surface area (Å²) in [5, 5.41) is 1.88. The minimum atomic E-state index is 0.501. The van der Waals surface area contributed by atoms with Crippen LogP contribution in [0.1, 0.15) is 18.1 Å². The second kappa shape index (κ2) is 6.42. The molecule has 2 aromatic carbocycles. The molecule has 3 rings (SSSR count). The Kier molecular flexibility index (Phi) is 4.36. The molecule has 0 fully saturated rings. The Labute approximate surface area is 135 Å². The van der Waals surface area contributed by atoms with Crippen LogP contribution >= 0.6 is 11.6 Å². The lowest BCUT2D eigenvalue weighted by molar-refractivity contribution is 0.307. The zero-order chi connectivity index (χ0) is 15.5. The summed E-state index contributed by atoms with van der Waals surface area (Å²) in [6.45, 7) is 4.08. The number of rotatable bonds is 5. The minimum absolute atomic E-state index is 0.501. The van der Waals surface area contributed by atoms with E-state index in [2.05, 4.69) is 35.9 Å². The van der Waals surface area contributed by atoms with Gasteiger partial charge in [-0.15, -0.1) is 0 Å². The van der Waals surface area contributed by atoms with Gasteiger partial charge in [0, 0.05) is 40.8 Å². The molecule has 114 valence electrons. The van der Waals surface area contributed by atoms with Crippen molar-refractivity contribution in [2.24, 2.45) is 5.73 Å². The van der Waals surface area contributed by atoms with Crippen LogP contribution in [0.3, 0.4) is 0 Å². The van der Waals surface area contributed by atoms with Crippen molar-refractivity contribution in [1.82, 2.24) is 4.57 Å². The molecule has 0 amide bonds. The third-order valence-electron chi connectivity index (χ3n) is 3.82. The fourth-order valence-electron chi connectivity index (χ4n) is 2.78. The van der Waals surface area contributed by atoms with Crippen LogP contribution in [0.4, 0.5) is 0 Å². The molecule has 0 bridgehead atoms. The van der Waals surface area contributed by atoms with E-state index >= 15 is 0 Å². The Morgan fingerprint density at radius 2 is 1.95 bits per heavy atom. The van der Waals surface area contributed by atoms with Gasteiger partial charge >= 0.3 is 0 Å². The van der Waals surface area contributed by atoms with Crippen molar-refractivity contribution in [2.75, 3.05) is 0 Å². The van der Waals surface area contributed by atoms with Gasteiger partial charge in [0.15, 0.2) is 0 Å². The molecule has 22 heavy (non-hydrogen) atoms. The second-order valence-electron chi connectivity index (χ2n) is 5.20. The van der Waals surface area contributed by atoms with Gasteiger partial charge in [-0.1, -0.05) is 29.8 Å². The summed E-state index contributed by atoms with van der Waals surface area (Å²) in [5.74, 6) is 0.773. The molecule has 4 heteroatoms. The van der Waals surface area contributed by atoms with E-state index in [1.165, 1.54) is 10.9 Å². The van der Waals surface area contributed by atoms with E-state index < -0.39 is 0 Å². The number of nitrogens with two attached hydrogens (primary N) is 1. The number of aryl methyl sites for hydroxylation is 1. The van der Waals surface area contributed by atoms with E-state index in [-0.39, 0.29) is 0 Å². The Morgan fingerprint density at radius 3 is 2.68 bits per heavy atom. The molecule has 1 aromatic heterocycles. The summed E-state index contributed by atoms with van der Waals surface area (Å²) < 4.78 is 8.13. The van der Waals surface area contributed by atoms with Crippen molar-refractivity contribution in [2.45, 2.75) is 26.6 Å². The van der Waals surface area contributed by atoms with E-state index in [9.17, 15) is 0 Å². The highest BCUT2D eigenvalue weighted by molar-refractivity contribution is 6.30. The van der Waals surface area contributed by atoms with Gasteiger partial charge in [-0.25, -0.2) is 0 Å². The van der Waals surface area contributed by atoms with Gasteiger partial charge in [0.25, 0.3) is 0 Å². The van der Waals surface area contributed by atoms with Crippen LogP contribution in [0.5, 0.6) is 5.75 Å². The Bertz CT molecular complexity index is 795. The van der Waals surface area contributed by atoms with Gasteiger partial charge in [-0.2, -0.15) is 0 Å². The third-order valence-corrected chi connectivity index (χ3v) is 4.06. The van der Waals surface area contributed by atoms with E-state index in [1.807, 2.05) is 24.3 Å². The molecular formula is C18H19ClN2O. The van der Waals surface area contributed by atoms with Gasteiger partial charge in [0.1, 0.15) is 12.4 Å². The van der Waals surface area contributed by atoms with Gasteiger partial charge in [0.05, 0.1) is 0 Å². The summed E-state index contributed by atoms with van der Waals surface area (Å²) in [6.07, 6.45) is 2.15. The van der Waals surface area contributed by atoms with E-state index in [4.69, 9.17) is 22.1 Å². The minimum Gasteiger partial charge on any atom is -0.489 e. The molecule has 0 saturated heterocycles. The monoisotopic (exact) mass is 314 g/mol. The number of halogens is 1. The SMILES string of the molecule is CCn1cc(COc2cccc(Cl)c2)c2c(CN)cccc21. The number of aromatic nitrogens is 1. The van der Waals surface area contributed by atoms with Crippen LogP contribution in [0, 0.1) is 0 Å². The fraction of sp³-hybridized carbons (Fsp3) is 0.222. The highest BCUT2D eigenvalue weighted by Gasteiger charge is 2.11. The summed E-state index contributed by atoms with van der Waals surface area (Å²) >= 11 is 6.00. The Morgan fingerprint density at radius 1 is 1.14 bits per heavy atom. The lowest BCUT2D eigenvalue weighted by Gasteiger charge is -2.07. The number of benzene rings is 2. The maximum Gasteiger partial charge on any atom is 0.121 e. The number of ether oxygens (including phenoxy) is 1. The largest absolute Gasteiger partial charge is 0.489 e. The van der Waals surface area contributed by atoms with Gasteiger partial charge in [0.2, 0.25) is 0 Å². The van der Waals surface area contributed by atoms with Crippen LogP contribution in [-0.2, 0) is 19.7 Å². The summed E-state index contributed by atoms with van der Waals surface area (Å²) in [5.41, 5.74) is 9.40. The fourth-order valence-corrected chi connectivity index (χ4v) is 2.96. The zero-order valence-electron chi connectivity index (χ0n) is 12.6. The average molecular weight is 315 g/mol. The van der Waals surface area contributed by atoms with Gasteiger partial charge in [-0.05, 0) is 36.8 Å². The lowest BCUT2D eigenvalue weighted by Crippen LogP contribution is -1.99. The van der Waals surface area contributed by atoms with Crippen LogP contribution < -0.4 is 10.5 Å². The molecule has 2 N–H and O–H groups in total. The first-order chi connectivity index (χ1) is 10.7. The van der Waals surface area contributed by atoms with Crippen molar-refractivity contribution in [3.05, 3.63) is 64.8 Å². The maximum atomic E-state index is 6.00. The summed E-state index contributed by atoms with van der Waals surface area (Å²) in [4.78, 5) is 0. The number of hydrogen-bond donors (Lipinski definition) is 1. The zero-order valence-corrected chi connectivity index (χ0v) is 13.3. The van der Waals surface area contributed by atoms with Crippen molar-refractivity contribution >= 4 is 22.5 Å². The quantitative estimate of drug-likeness (QED) is 0.760. The van der Waals surface area contributed by atoms with E-state index in [0.717, 1.165) is 23.4 Å². The molecule has 0 aliphatic rings. The van der Waals surface area contributed by atoms with Gasteiger partial charge < -0.3 is 15.0 Å². The van der Waals surface area contributed by atoms with Gasteiger partial charge in [-0.3, -0.25) is 0 Å². The first-order valence-electron chi connectivity index (χ1n) is 7.41. The smallest absolute Gasteiger partial charge is 0.121 e. The second-order valence-corrected chi connectivity index (χ2v) is 5.64. The molecule has 3 nitrogen and oxygen atoms in total. The Balaban J connectivity index is 1.96. The van der Waals surface area contributed by atoms with Crippen LogP contribution in [0.2, 0.25) is 5.02 Å². The normalized spacial score (nSPS) is 11.0. The number of hydrogen-bond acceptors (Lipinski definition) is 2. The van der Waals surface area contributed by atoms with Crippen molar-refractivity contribution in [1.29, 1.82) is 0 Å². The summed E-state index contributed by atoms with van der Waals surface area (Å²) in [7, 11) is 0. The van der Waals surface area contributed by atoms with Crippen LogP contribution in [0.25, 0.3) is 10.9 Å². The van der Waals surface area contributed by atoms with Crippen molar-refractivity contribution in [3.8, 4) is 5.75 Å². The average Bonchev–Trinajstić information content (AvgIpc) is 2.91. The van der Waals surface area contributed by atoms with Crippen LogP contribution in [-0.4, -0.2) is 4.57 Å². The molecule has 3 aromatic rings. The first-order valence-corrected chi connectivity index (χ1v) is 7.78. The highest BCUT2D eigenvalue weighted by Crippen LogP contribution is 2.27. The number of nitrogens with zero attached hydrogens (tertiary/aromatic N) is 1. The van der Waals surface area contributed by atoms with Crippen LogP contribution in [0.15, 0.2) is 48.7 Å². The summed E-state index contributed by atoms with van der Waals surface area (Å²) in [6, 6.07) is 13.7. The molecule has 0 aliphatic carbocycles. The molecule has 1 heterocycles. The molecule has 0 atom stereocenters. The Hall–Kier alpha value is -1.97. The maximum absolute atomic E-state index is 6.00. The standard InChI is InChI=1S/C18H19ClN2O/c1-2-21-11-14(12-22-16-7-4-6-15(19)9-16)18-13(10-20)5-3-8-17(18)21/h3-9,11H,2,10,12,20H2,1H3. The molecule has 0 radical (unpaired) electrons. The molecule has 0 unspecified atom stereocenters. The predicted molar refractivity (Wildman–Crippen MR) is 91.3 cm³/mol.